The summed E-state index contributed by atoms with van der Waals surface area (Å²) >= 11 is 0. The number of aryl methyl sites for hydroxylation is 2. The van der Waals surface area contributed by atoms with E-state index < -0.39 is 10.0 Å². The molecule has 2 aromatic carbocycles. The van der Waals surface area contributed by atoms with Gasteiger partial charge in [-0.3, -0.25) is 0 Å². The fraction of sp³-hybridized carbons (Fsp3) is 0.478. The monoisotopic (exact) mass is 540 g/mol. The van der Waals surface area contributed by atoms with E-state index in [0.717, 1.165) is 31.2 Å². The van der Waals surface area contributed by atoms with Crippen molar-refractivity contribution in [3.8, 4) is 0 Å². The molecule has 1 saturated carbocycles. The molecule has 1 aliphatic carbocycles. The largest absolute Gasteiger partial charge is 0.326 e. The molecule has 0 aromatic heterocycles. The molecule has 3 N–H and O–H groups in total. The van der Waals surface area contributed by atoms with Crippen LogP contribution >= 0.6 is 12.4 Å². The van der Waals surface area contributed by atoms with Crippen LogP contribution in [0.4, 0.5) is 0 Å². The van der Waals surface area contributed by atoms with Crippen LogP contribution in [0.25, 0.3) is 0 Å². The van der Waals surface area contributed by atoms with E-state index in [0.29, 0.717) is 10.8 Å². The summed E-state index contributed by atoms with van der Waals surface area (Å²) < 4.78 is 27.1. The van der Waals surface area contributed by atoms with Gasteiger partial charge >= 0.3 is 0 Å². The zero-order valence-electron chi connectivity index (χ0n) is 18.2. The molecule has 1 aliphatic rings. The van der Waals surface area contributed by atoms with Gasteiger partial charge in [-0.05, 0) is 50.3 Å². The molecule has 3 rings (SSSR count). The molecular formula is C23H35ClN2O2RuS. The molecule has 7 heteroatoms. The van der Waals surface area contributed by atoms with Gasteiger partial charge in [0.25, 0.3) is 0 Å². The van der Waals surface area contributed by atoms with Crippen LogP contribution in [-0.4, -0.2) is 20.5 Å². The first-order valence-corrected chi connectivity index (χ1v) is 11.6. The maximum absolute atomic E-state index is 12.2. The smallest absolute Gasteiger partial charge is 0.240 e. The van der Waals surface area contributed by atoms with Crippen molar-refractivity contribution in [3.05, 3.63) is 65.2 Å². The van der Waals surface area contributed by atoms with E-state index in [1.165, 1.54) is 11.1 Å². The average molecular weight is 540 g/mol. The summed E-state index contributed by atoms with van der Waals surface area (Å²) in [7, 11) is -3.44. The van der Waals surface area contributed by atoms with Crippen molar-refractivity contribution in [2.75, 3.05) is 0 Å². The molecule has 0 saturated heterocycles. The number of nitrogens with two attached hydrogens (primary N) is 1. The van der Waals surface area contributed by atoms with E-state index in [-0.39, 0.29) is 44.0 Å². The van der Waals surface area contributed by atoms with E-state index in [9.17, 15) is 8.42 Å². The number of rotatable bonds is 4. The van der Waals surface area contributed by atoms with E-state index in [2.05, 4.69) is 49.8 Å². The van der Waals surface area contributed by atoms with Crippen molar-refractivity contribution < 1.29 is 27.9 Å². The maximum atomic E-state index is 12.2. The van der Waals surface area contributed by atoms with Gasteiger partial charge in [-0.15, -0.1) is 12.4 Å². The van der Waals surface area contributed by atoms with Crippen LogP contribution in [0.15, 0.2) is 53.4 Å². The topological polar surface area (TPSA) is 72.2 Å². The summed E-state index contributed by atoms with van der Waals surface area (Å²) in [5.41, 5.74) is 9.77. The van der Waals surface area contributed by atoms with E-state index in [1.807, 2.05) is 6.92 Å². The van der Waals surface area contributed by atoms with Crippen LogP contribution in [0, 0.1) is 13.8 Å². The fourth-order valence-electron chi connectivity index (χ4n) is 3.24. The molecule has 0 radical (unpaired) electrons. The zero-order chi connectivity index (χ0) is 20.7. The van der Waals surface area contributed by atoms with Gasteiger partial charge < -0.3 is 5.73 Å². The summed E-state index contributed by atoms with van der Waals surface area (Å²) in [5.74, 6) is 0.653. The normalized spacial score (nSPS) is 18.5. The number of nitrogens with one attached hydrogen (secondary N) is 1. The summed E-state index contributed by atoms with van der Waals surface area (Å²) in [6.07, 6.45) is 3.84. The van der Waals surface area contributed by atoms with Gasteiger partial charge in [-0.2, -0.15) is 0 Å². The Labute approximate surface area is 201 Å². The first-order valence-electron chi connectivity index (χ1n) is 10.1. The van der Waals surface area contributed by atoms with Crippen LogP contribution in [0.3, 0.4) is 0 Å². The summed E-state index contributed by atoms with van der Waals surface area (Å²) in [5, 5.41) is 0. The van der Waals surface area contributed by atoms with E-state index >= 15 is 0 Å². The Kier molecular flexibility index (Phi) is 13.2. The van der Waals surface area contributed by atoms with Crippen molar-refractivity contribution in [2.24, 2.45) is 5.73 Å². The average Bonchev–Trinajstić information content (AvgIpc) is 2.65. The SMILES string of the molecule is Cc1ccc(C(C)C)cc1.Cc1ccc(S(=O)(=O)N[C@@H]2CCCC[C@H]2N)cc1.Cl.[Ru]. The summed E-state index contributed by atoms with van der Waals surface area (Å²) in [4.78, 5) is 0.311. The van der Waals surface area contributed by atoms with E-state index in [1.54, 1.807) is 24.3 Å². The molecule has 2 aromatic rings. The van der Waals surface area contributed by atoms with Crippen LogP contribution in [-0.2, 0) is 29.5 Å². The Balaban J connectivity index is 0.000000604. The van der Waals surface area contributed by atoms with Crippen molar-refractivity contribution in [3.63, 3.8) is 0 Å². The molecule has 0 amide bonds. The molecule has 2 atom stereocenters. The predicted molar refractivity (Wildman–Crippen MR) is 124 cm³/mol. The van der Waals surface area contributed by atoms with Gasteiger partial charge in [0.1, 0.15) is 0 Å². The van der Waals surface area contributed by atoms with Crippen LogP contribution in [0.2, 0.25) is 0 Å². The Morgan fingerprint density at radius 3 is 1.83 bits per heavy atom. The number of halogens is 1. The molecule has 170 valence electrons. The second-order valence-electron chi connectivity index (χ2n) is 8.05. The Bertz CT molecular complexity index is 841. The molecular weight excluding hydrogens is 505 g/mol. The second-order valence-corrected chi connectivity index (χ2v) is 9.77. The van der Waals surface area contributed by atoms with Gasteiger partial charge in [0.15, 0.2) is 0 Å². The van der Waals surface area contributed by atoms with Gasteiger partial charge in [0.05, 0.1) is 4.90 Å². The third-order valence-corrected chi connectivity index (χ3v) is 6.71. The first kappa shape index (κ1) is 29.2. The minimum Gasteiger partial charge on any atom is -0.326 e. The van der Waals surface area contributed by atoms with Gasteiger partial charge in [-0.25, -0.2) is 13.1 Å². The maximum Gasteiger partial charge on any atom is 0.240 e. The summed E-state index contributed by atoms with van der Waals surface area (Å²) in [6, 6.07) is 15.4. The second kappa shape index (κ2) is 13.6. The Morgan fingerprint density at radius 2 is 1.37 bits per heavy atom. The third kappa shape index (κ3) is 9.15. The Morgan fingerprint density at radius 1 is 0.900 bits per heavy atom. The molecule has 0 spiro atoms. The van der Waals surface area contributed by atoms with Crippen LogP contribution in [0.1, 0.15) is 62.1 Å². The molecule has 0 unspecified atom stereocenters. The van der Waals surface area contributed by atoms with E-state index in [4.69, 9.17) is 5.73 Å². The third-order valence-electron chi connectivity index (χ3n) is 5.20. The molecule has 30 heavy (non-hydrogen) atoms. The standard InChI is InChI=1S/C13H20N2O2S.C10H14.ClH.Ru/c1-10-6-8-11(9-7-10)18(16,17)15-13-5-3-2-4-12(13)14;1-8(2)10-6-4-9(3)5-7-10;;/h6-9,12-13,15H,2-5,14H2,1H3;4-8H,1-3H3;1H;/t12-,13-;;;/m1.../s1. The predicted octanol–water partition coefficient (Wildman–Crippen LogP) is 5.08. The molecule has 1 fully saturated rings. The number of sulfonamides is 1. The van der Waals surface area contributed by atoms with Crippen molar-refractivity contribution in [2.45, 2.75) is 76.3 Å². The molecule has 4 nitrogen and oxygen atoms in total. The van der Waals surface area contributed by atoms with Crippen LogP contribution in [0.5, 0.6) is 0 Å². The Hall–Kier alpha value is -0.777. The molecule has 0 aliphatic heterocycles. The number of benzene rings is 2. The molecule has 0 bridgehead atoms. The fourth-order valence-corrected chi connectivity index (χ4v) is 4.56. The van der Waals surface area contributed by atoms with Gasteiger partial charge in [0.2, 0.25) is 10.0 Å². The number of hydrogen-bond donors (Lipinski definition) is 2. The number of hydrogen-bond acceptors (Lipinski definition) is 3. The molecule has 0 heterocycles. The minimum atomic E-state index is -3.44. The van der Waals surface area contributed by atoms with Crippen LogP contribution < -0.4 is 10.5 Å². The summed E-state index contributed by atoms with van der Waals surface area (Å²) in [6.45, 7) is 8.47. The van der Waals surface area contributed by atoms with Gasteiger partial charge in [-0.1, -0.05) is 74.2 Å². The zero-order valence-corrected chi connectivity index (χ0v) is 21.6. The van der Waals surface area contributed by atoms with Crippen molar-refractivity contribution in [1.82, 2.24) is 4.72 Å². The quantitative estimate of drug-likeness (QED) is 0.532. The van der Waals surface area contributed by atoms with Crippen molar-refractivity contribution in [1.29, 1.82) is 0 Å². The minimum absolute atomic E-state index is 0. The van der Waals surface area contributed by atoms with Gasteiger partial charge in [0, 0.05) is 31.6 Å². The first-order chi connectivity index (χ1) is 13.2. The van der Waals surface area contributed by atoms with Crippen molar-refractivity contribution >= 4 is 22.4 Å².